The van der Waals surface area contributed by atoms with E-state index in [4.69, 9.17) is 4.74 Å². The SMILES string of the molecule is COc1cc(C(=O)N(C)C2CCCCC2)ccc1Nc1ncc2c(n1)N(C1CCCC1)CC(F)(F)C(=O)N2C. The summed E-state index contributed by atoms with van der Waals surface area (Å²) in [6, 6.07) is 5.26. The van der Waals surface area contributed by atoms with Crippen molar-refractivity contribution in [3.05, 3.63) is 30.0 Å². The zero-order chi connectivity index (χ0) is 27.7. The standard InChI is InChI=1S/C28H36F2N6O3/c1-34(19-9-5-4-6-10-19)25(37)18-13-14-21(23(15-18)39-3)32-27-31-16-22-24(33-27)36(20-11-7-8-12-20)17-28(29,30)26(38)35(22)2/h13-16,19-20H,4-12,17H2,1-3H3,(H,31,32,33). The van der Waals surface area contributed by atoms with Crippen molar-refractivity contribution >= 4 is 35.0 Å². The number of carbonyl (C=O) groups is 2. The van der Waals surface area contributed by atoms with Gasteiger partial charge in [-0.3, -0.25) is 9.59 Å². The van der Waals surface area contributed by atoms with Crippen molar-refractivity contribution in [1.82, 2.24) is 14.9 Å². The minimum Gasteiger partial charge on any atom is -0.495 e. The molecule has 0 saturated heterocycles. The van der Waals surface area contributed by atoms with Crippen molar-refractivity contribution in [3.63, 3.8) is 0 Å². The number of ether oxygens (including phenoxy) is 1. The Hall–Kier alpha value is -3.50. The molecule has 5 rings (SSSR count). The lowest BCUT2D eigenvalue weighted by atomic mass is 9.94. The number of hydrogen-bond donors (Lipinski definition) is 1. The van der Waals surface area contributed by atoms with Crippen LogP contribution in [0, 0.1) is 0 Å². The molecule has 0 unspecified atom stereocenters. The highest BCUT2D eigenvalue weighted by Gasteiger charge is 2.48. The van der Waals surface area contributed by atoms with Gasteiger partial charge in [0.25, 0.3) is 11.8 Å². The monoisotopic (exact) mass is 542 g/mol. The first-order valence-corrected chi connectivity index (χ1v) is 13.7. The van der Waals surface area contributed by atoms with Crippen LogP contribution in [0.15, 0.2) is 24.4 Å². The van der Waals surface area contributed by atoms with E-state index < -0.39 is 18.4 Å². The van der Waals surface area contributed by atoms with Crippen LogP contribution in [0.5, 0.6) is 5.75 Å². The van der Waals surface area contributed by atoms with Crippen LogP contribution in [0.25, 0.3) is 0 Å². The molecule has 1 aliphatic heterocycles. The number of nitrogens with zero attached hydrogens (tertiary/aromatic N) is 5. The van der Waals surface area contributed by atoms with Gasteiger partial charge in [-0.25, -0.2) is 4.98 Å². The van der Waals surface area contributed by atoms with E-state index in [9.17, 15) is 18.4 Å². The highest BCUT2D eigenvalue weighted by Crippen LogP contribution is 2.40. The van der Waals surface area contributed by atoms with Crippen molar-refractivity contribution in [2.75, 3.05) is 42.9 Å². The normalized spacial score (nSPS) is 20.0. The molecular weight excluding hydrogens is 506 g/mol. The fraction of sp³-hybridized carbons (Fsp3) is 0.571. The largest absolute Gasteiger partial charge is 0.495 e. The summed E-state index contributed by atoms with van der Waals surface area (Å²) in [4.78, 5) is 39.0. The third-order valence-electron chi connectivity index (χ3n) is 8.27. The highest BCUT2D eigenvalue weighted by atomic mass is 19.3. The smallest absolute Gasteiger partial charge is 0.342 e. The lowest BCUT2D eigenvalue weighted by molar-refractivity contribution is -0.140. The van der Waals surface area contributed by atoms with Crippen molar-refractivity contribution in [1.29, 1.82) is 0 Å². The molecule has 0 bridgehead atoms. The number of alkyl halides is 2. The Labute approximate surface area is 227 Å². The van der Waals surface area contributed by atoms with Crippen molar-refractivity contribution < 1.29 is 23.1 Å². The van der Waals surface area contributed by atoms with E-state index in [0.717, 1.165) is 56.3 Å². The van der Waals surface area contributed by atoms with Crippen LogP contribution in [0.4, 0.5) is 31.9 Å². The molecule has 1 aromatic carbocycles. The van der Waals surface area contributed by atoms with E-state index in [2.05, 4.69) is 15.3 Å². The summed E-state index contributed by atoms with van der Waals surface area (Å²) in [5.41, 5.74) is 1.29. The lowest BCUT2D eigenvalue weighted by Crippen LogP contribution is -2.48. The van der Waals surface area contributed by atoms with E-state index >= 15 is 0 Å². The van der Waals surface area contributed by atoms with Crippen LogP contribution in [-0.2, 0) is 4.79 Å². The average Bonchev–Trinajstić information content (AvgIpc) is 3.48. The van der Waals surface area contributed by atoms with Gasteiger partial charge in [0.2, 0.25) is 5.95 Å². The van der Waals surface area contributed by atoms with Crippen LogP contribution in [-0.4, -0.2) is 72.4 Å². The molecule has 1 N–H and O–H groups in total. The van der Waals surface area contributed by atoms with E-state index in [-0.39, 0.29) is 29.6 Å². The molecule has 2 aromatic rings. The molecular formula is C28H36F2N6O3. The molecule has 0 radical (unpaired) electrons. The minimum atomic E-state index is -3.54. The van der Waals surface area contributed by atoms with Gasteiger partial charge < -0.3 is 24.8 Å². The summed E-state index contributed by atoms with van der Waals surface area (Å²) < 4.78 is 35.3. The summed E-state index contributed by atoms with van der Waals surface area (Å²) in [6.45, 7) is -0.723. The third kappa shape index (κ3) is 5.35. The zero-order valence-corrected chi connectivity index (χ0v) is 22.8. The first-order valence-electron chi connectivity index (χ1n) is 13.7. The summed E-state index contributed by atoms with van der Waals surface area (Å²) >= 11 is 0. The van der Waals surface area contributed by atoms with Crippen molar-refractivity contribution in [2.45, 2.75) is 75.8 Å². The van der Waals surface area contributed by atoms with Crippen LogP contribution in [0.2, 0.25) is 0 Å². The summed E-state index contributed by atoms with van der Waals surface area (Å²) in [5.74, 6) is -3.96. The second-order valence-corrected chi connectivity index (χ2v) is 10.8. The van der Waals surface area contributed by atoms with Crippen LogP contribution in [0.1, 0.15) is 68.1 Å². The molecule has 0 atom stereocenters. The maximum atomic E-state index is 14.9. The Morgan fingerprint density at radius 3 is 2.51 bits per heavy atom. The molecule has 39 heavy (non-hydrogen) atoms. The molecule has 3 aliphatic rings. The quantitative estimate of drug-likeness (QED) is 0.550. The topological polar surface area (TPSA) is 90.9 Å². The van der Waals surface area contributed by atoms with Crippen LogP contribution < -0.4 is 19.9 Å². The van der Waals surface area contributed by atoms with Gasteiger partial charge in [0, 0.05) is 31.7 Å². The number of carbonyl (C=O) groups excluding carboxylic acids is 2. The highest BCUT2D eigenvalue weighted by molar-refractivity contribution is 6.02. The van der Waals surface area contributed by atoms with Gasteiger partial charge in [0.1, 0.15) is 11.4 Å². The molecule has 2 saturated carbocycles. The van der Waals surface area contributed by atoms with E-state index in [1.165, 1.54) is 26.8 Å². The number of halogens is 2. The van der Waals surface area contributed by atoms with E-state index in [1.807, 2.05) is 11.9 Å². The fourth-order valence-corrected chi connectivity index (χ4v) is 5.99. The molecule has 9 nitrogen and oxygen atoms in total. The number of nitrogens with one attached hydrogen (secondary N) is 1. The minimum absolute atomic E-state index is 0.0612. The first kappa shape index (κ1) is 27.1. The third-order valence-corrected chi connectivity index (χ3v) is 8.27. The Morgan fingerprint density at radius 2 is 1.82 bits per heavy atom. The average molecular weight is 543 g/mol. The predicted octanol–water partition coefficient (Wildman–Crippen LogP) is 4.99. The Balaban J connectivity index is 1.42. The van der Waals surface area contributed by atoms with Crippen LogP contribution >= 0.6 is 0 Å². The van der Waals surface area contributed by atoms with Gasteiger partial charge in [0.15, 0.2) is 5.82 Å². The number of amides is 2. The van der Waals surface area contributed by atoms with Gasteiger partial charge in [-0.2, -0.15) is 13.8 Å². The molecule has 1 aromatic heterocycles. The van der Waals surface area contributed by atoms with E-state index in [0.29, 0.717) is 22.8 Å². The van der Waals surface area contributed by atoms with Crippen molar-refractivity contribution in [2.24, 2.45) is 0 Å². The molecule has 2 fully saturated rings. The second-order valence-electron chi connectivity index (χ2n) is 10.8. The zero-order valence-electron chi connectivity index (χ0n) is 22.8. The number of aromatic nitrogens is 2. The maximum Gasteiger partial charge on any atom is 0.342 e. The molecule has 210 valence electrons. The molecule has 2 aliphatic carbocycles. The Bertz CT molecular complexity index is 1230. The molecule has 11 heteroatoms. The summed E-state index contributed by atoms with van der Waals surface area (Å²) in [7, 11) is 4.69. The molecule has 2 heterocycles. The van der Waals surface area contributed by atoms with Gasteiger partial charge in [-0.1, -0.05) is 32.1 Å². The van der Waals surface area contributed by atoms with Crippen LogP contribution in [0.3, 0.4) is 0 Å². The summed E-state index contributed by atoms with van der Waals surface area (Å²) in [6.07, 6.45) is 10.3. The van der Waals surface area contributed by atoms with Gasteiger partial charge in [0.05, 0.1) is 25.5 Å². The van der Waals surface area contributed by atoms with Gasteiger partial charge >= 0.3 is 5.92 Å². The van der Waals surface area contributed by atoms with E-state index in [1.54, 1.807) is 23.1 Å². The fourth-order valence-electron chi connectivity index (χ4n) is 5.99. The molecule has 0 spiro atoms. The Morgan fingerprint density at radius 1 is 1.13 bits per heavy atom. The number of methoxy groups -OCH3 is 1. The second kappa shape index (κ2) is 10.9. The number of fused-ring (bicyclic) bond motifs is 1. The number of hydrogen-bond acceptors (Lipinski definition) is 7. The summed E-state index contributed by atoms with van der Waals surface area (Å²) in [5, 5.41) is 3.12. The van der Waals surface area contributed by atoms with Gasteiger partial charge in [-0.15, -0.1) is 0 Å². The lowest BCUT2D eigenvalue weighted by Gasteiger charge is -2.31. The van der Waals surface area contributed by atoms with Crippen molar-refractivity contribution in [3.8, 4) is 5.75 Å². The van der Waals surface area contributed by atoms with Gasteiger partial charge in [-0.05, 0) is 43.9 Å². The molecule has 2 amide bonds. The number of anilines is 4. The Kier molecular flexibility index (Phi) is 7.59. The number of benzene rings is 1. The first-order chi connectivity index (χ1) is 18.7. The predicted molar refractivity (Wildman–Crippen MR) is 145 cm³/mol. The maximum absolute atomic E-state index is 14.9. The number of rotatable bonds is 6.